The van der Waals surface area contributed by atoms with Crippen molar-refractivity contribution in [2.75, 3.05) is 11.9 Å². The molecule has 12 heteroatoms. The fourth-order valence-corrected chi connectivity index (χ4v) is 3.27. The van der Waals surface area contributed by atoms with E-state index >= 15 is 0 Å². The van der Waals surface area contributed by atoms with Crippen LogP contribution in [0.15, 0.2) is 41.3 Å². The summed E-state index contributed by atoms with van der Waals surface area (Å²) in [5.41, 5.74) is -0.381. The van der Waals surface area contributed by atoms with E-state index in [-0.39, 0.29) is 10.6 Å². The molecule has 0 bridgehead atoms. The Kier molecular flexibility index (Phi) is 5.87. The first-order valence-electron chi connectivity index (χ1n) is 8.10. The van der Waals surface area contributed by atoms with E-state index in [1.165, 1.54) is 30.3 Å². The predicted octanol–water partition coefficient (Wildman–Crippen LogP) is 3.69. The van der Waals surface area contributed by atoms with Crippen molar-refractivity contribution in [2.24, 2.45) is 0 Å². The lowest BCUT2D eigenvalue weighted by Gasteiger charge is -2.13. The van der Waals surface area contributed by atoms with E-state index in [0.29, 0.717) is 28.3 Å². The van der Waals surface area contributed by atoms with Gasteiger partial charge in [-0.2, -0.15) is 0 Å². The Balaban J connectivity index is 1.71. The Morgan fingerprint density at radius 3 is 2.40 bits per heavy atom. The van der Waals surface area contributed by atoms with Gasteiger partial charge in [-0.15, -0.1) is 0 Å². The number of benzene rings is 2. The number of nitrogens with zero attached hydrogens (tertiary/aromatic N) is 2. The molecule has 0 atom stereocenters. The molecule has 1 fully saturated rings. The van der Waals surface area contributed by atoms with Gasteiger partial charge in [0.1, 0.15) is 6.54 Å². The van der Waals surface area contributed by atoms with Crippen molar-refractivity contribution < 1.29 is 32.5 Å². The lowest BCUT2D eigenvalue weighted by Crippen LogP contribution is -2.36. The number of thioether (sulfide) groups is 1. The third kappa shape index (κ3) is 4.33. The number of carbonyl (C=O) groups excluding carboxylic acids is 3. The Hall–Kier alpha value is -3.67. The molecule has 1 aliphatic rings. The number of nitro benzene ring substituents is 1. The first kappa shape index (κ1) is 21.0. The average molecular weight is 437 g/mol. The number of nitrogens with one attached hydrogen (secondary N) is 1. The van der Waals surface area contributed by atoms with Crippen LogP contribution in [-0.2, 0) is 9.59 Å². The van der Waals surface area contributed by atoms with Gasteiger partial charge in [-0.1, -0.05) is 0 Å². The molecule has 0 unspecified atom stereocenters. The molecule has 3 amide bonds. The van der Waals surface area contributed by atoms with Crippen molar-refractivity contribution in [3.63, 3.8) is 0 Å². The summed E-state index contributed by atoms with van der Waals surface area (Å²) in [5, 5.41) is 11.9. The molecule has 3 rings (SSSR count). The van der Waals surface area contributed by atoms with Crippen molar-refractivity contribution in [1.82, 2.24) is 4.90 Å². The van der Waals surface area contributed by atoms with Gasteiger partial charge in [0.25, 0.3) is 16.8 Å². The van der Waals surface area contributed by atoms with Crippen LogP contribution in [0.5, 0.6) is 0 Å². The third-order valence-corrected chi connectivity index (χ3v) is 4.79. The fraction of sp³-hybridized carbons (Fsp3) is 0.0556. The number of rotatable bonds is 5. The quantitative estimate of drug-likeness (QED) is 0.331. The minimum Gasteiger partial charge on any atom is -0.322 e. The normalized spacial score (nSPS) is 15.0. The summed E-state index contributed by atoms with van der Waals surface area (Å²) < 4.78 is 39.8. The molecule has 1 N–H and O–H groups in total. The van der Waals surface area contributed by atoms with Crippen LogP contribution in [0, 0.1) is 27.6 Å². The van der Waals surface area contributed by atoms with Crippen molar-refractivity contribution in [1.29, 1.82) is 0 Å². The van der Waals surface area contributed by atoms with Crippen LogP contribution in [0.3, 0.4) is 0 Å². The number of amides is 3. The van der Waals surface area contributed by atoms with Gasteiger partial charge in [0.05, 0.1) is 15.5 Å². The SMILES string of the molecule is O=C(CN1C(=O)S/C(=C/c2ccc([N+](=O)[O-])cc2)C1=O)Nc1ccc(F)c(F)c1F. The van der Waals surface area contributed by atoms with Gasteiger partial charge in [-0.3, -0.25) is 29.4 Å². The van der Waals surface area contributed by atoms with Crippen LogP contribution in [-0.4, -0.2) is 33.4 Å². The number of carbonyl (C=O) groups is 3. The molecule has 1 saturated heterocycles. The third-order valence-electron chi connectivity index (χ3n) is 3.89. The number of halogens is 3. The first-order chi connectivity index (χ1) is 14.2. The Labute approximate surface area is 170 Å². The lowest BCUT2D eigenvalue weighted by atomic mass is 10.2. The summed E-state index contributed by atoms with van der Waals surface area (Å²) >= 11 is 0.544. The topological polar surface area (TPSA) is 110 Å². The van der Waals surface area contributed by atoms with Crippen LogP contribution >= 0.6 is 11.8 Å². The van der Waals surface area contributed by atoms with Gasteiger partial charge in [-0.25, -0.2) is 13.2 Å². The van der Waals surface area contributed by atoms with Crippen molar-refractivity contribution >= 4 is 46.3 Å². The molecule has 8 nitrogen and oxygen atoms in total. The van der Waals surface area contributed by atoms with Gasteiger partial charge in [0.2, 0.25) is 5.91 Å². The zero-order chi connectivity index (χ0) is 22.0. The minimum atomic E-state index is -1.77. The number of nitro groups is 1. The molecule has 2 aromatic rings. The summed E-state index contributed by atoms with van der Waals surface area (Å²) in [4.78, 5) is 47.1. The molecule has 0 aliphatic carbocycles. The highest BCUT2D eigenvalue weighted by Crippen LogP contribution is 2.32. The van der Waals surface area contributed by atoms with Gasteiger partial charge in [0.15, 0.2) is 17.5 Å². The molecule has 0 saturated carbocycles. The smallest absolute Gasteiger partial charge is 0.294 e. The molecule has 0 aromatic heterocycles. The van der Waals surface area contributed by atoms with Crippen LogP contribution in [0.25, 0.3) is 6.08 Å². The molecule has 0 radical (unpaired) electrons. The summed E-state index contributed by atoms with van der Waals surface area (Å²) in [6.07, 6.45) is 1.32. The second kappa shape index (κ2) is 8.37. The highest BCUT2D eigenvalue weighted by molar-refractivity contribution is 8.18. The number of anilines is 1. The second-order valence-electron chi connectivity index (χ2n) is 5.89. The summed E-state index contributed by atoms with van der Waals surface area (Å²) in [6, 6.07) is 6.62. The van der Waals surface area contributed by atoms with E-state index in [1.54, 1.807) is 0 Å². The largest absolute Gasteiger partial charge is 0.322 e. The van der Waals surface area contributed by atoms with Crippen LogP contribution in [0.1, 0.15) is 5.56 Å². The van der Waals surface area contributed by atoms with Gasteiger partial charge in [0, 0.05) is 12.1 Å². The molecule has 1 heterocycles. The van der Waals surface area contributed by atoms with E-state index in [2.05, 4.69) is 0 Å². The van der Waals surface area contributed by atoms with Crippen molar-refractivity contribution in [3.05, 3.63) is 74.4 Å². The van der Waals surface area contributed by atoms with E-state index in [9.17, 15) is 37.7 Å². The highest BCUT2D eigenvalue weighted by atomic mass is 32.2. The number of non-ortho nitro benzene ring substituents is 1. The molecule has 0 spiro atoms. The average Bonchev–Trinajstić information content (AvgIpc) is 2.96. The Morgan fingerprint density at radius 2 is 1.77 bits per heavy atom. The molecule has 1 aliphatic heterocycles. The van der Waals surface area contributed by atoms with E-state index < -0.39 is 51.7 Å². The van der Waals surface area contributed by atoms with E-state index in [4.69, 9.17) is 0 Å². The van der Waals surface area contributed by atoms with Gasteiger partial charge < -0.3 is 5.32 Å². The molecular weight excluding hydrogens is 427 g/mol. The summed E-state index contributed by atoms with van der Waals surface area (Å²) in [5.74, 6) is -6.63. The standard InChI is InChI=1S/C18H10F3N3O5S/c19-11-5-6-12(16(21)15(11)20)22-14(25)8-23-17(26)13(30-18(23)27)7-9-1-3-10(4-2-9)24(28)29/h1-7H,8H2,(H,22,25)/b13-7+. The van der Waals surface area contributed by atoms with Crippen LogP contribution in [0.4, 0.5) is 29.3 Å². The van der Waals surface area contributed by atoms with E-state index in [0.717, 1.165) is 6.07 Å². The molecular formula is C18H10F3N3O5S. The number of hydrogen-bond acceptors (Lipinski definition) is 6. The maximum atomic E-state index is 13.6. The molecule has 154 valence electrons. The van der Waals surface area contributed by atoms with Gasteiger partial charge in [-0.05, 0) is 47.7 Å². The first-order valence-corrected chi connectivity index (χ1v) is 8.92. The lowest BCUT2D eigenvalue weighted by molar-refractivity contribution is -0.384. The highest BCUT2D eigenvalue weighted by Gasteiger charge is 2.36. The van der Waals surface area contributed by atoms with Crippen LogP contribution < -0.4 is 5.32 Å². The second-order valence-corrected chi connectivity index (χ2v) is 6.88. The van der Waals surface area contributed by atoms with Crippen LogP contribution in [0.2, 0.25) is 0 Å². The number of hydrogen-bond donors (Lipinski definition) is 1. The predicted molar refractivity (Wildman–Crippen MR) is 101 cm³/mol. The van der Waals surface area contributed by atoms with Gasteiger partial charge >= 0.3 is 0 Å². The van der Waals surface area contributed by atoms with Crippen molar-refractivity contribution in [2.45, 2.75) is 0 Å². The summed E-state index contributed by atoms with van der Waals surface area (Å²) in [7, 11) is 0. The summed E-state index contributed by atoms with van der Waals surface area (Å²) in [6.45, 7) is -0.777. The fourth-order valence-electron chi connectivity index (χ4n) is 2.44. The minimum absolute atomic E-state index is 0.0272. The zero-order valence-corrected chi connectivity index (χ0v) is 15.5. The maximum Gasteiger partial charge on any atom is 0.294 e. The van der Waals surface area contributed by atoms with E-state index in [1.807, 2.05) is 5.32 Å². The molecule has 30 heavy (non-hydrogen) atoms. The molecule has 2 aromatic carbocycles. The zero-order valence-electron chi connectivity index (χ0n) is 14.7. The Morgan fingerprint density at radius 1 is 1.10 bits per heavy atom. The van der Waals surface area contributed by atoms with Crippen molar-refractivity contribution in [3.8, 4) is 0 Å². The Bertz CT molecular complexity index is 1100. The maximum absolute atomic E-state index is 13.6. The number of imide groups is 1. The monoisotopic (exact) mass is 437 g/mol.